The summed E-state index contributed by atoms with van der Waals surface area (Å²) in [5.41, 5.74) is -0.224. The van der Waals surface area contributed by atoms with Gasteiger partial charge in [0, 0.05) is 19.7 Å². The average molecular weight is 293 g/mol. The number of hydrogen-bond acceptors (Lipinski definition) is 6. The summed E-state index contributed by atoms with van der Waals surface area (Å²) in [7, 11) is -2.14. The molecule has 0 amide bonds. The highest BCUT2D eigenvalue weighted by atomic mass is 32.2. The zero-order valence-corrected chi connectivity index (χ0v) is 11.7. The van der Waals surface area contributed by atoms with E-state index in [0.717, 1.165) is 30.2 Å². The molecule has 0 fully saturated rings. The first-order chi connectivity index (χ1) is 8.42. The fourth-order valence-electron chi connectivity index (χ4n) is 1.26. The Labute approximate surface area is 109 Å². The summed E-state index contributed by atoms with van der Waals surface area (Å²) in [4.78, 5) is 10.1. The second-order valence-electron chi connectivity index (χ2n) is 3.54. The molecule has 1 aromatic rings. The van der Waals surface area contributed by atoms with Crippen LogP contribution >= 0.6 is 11.3 Å². The largest absolute Gasteiger partial charge is 0.374 e. The summed E-state index contributed by atoms with van der Waals surface area (Å²) in [6.45, 7) is 2.28. The number of rotatable bonds is 7. The number of hydrogen-bond donors (Lipinski definition) is 2. The minimum Gasteiger partial charge on any atom is -0.374 e. The van der Waals surface area contributed by atoms with Crippen LogP contribution in [0.25, 0.3) is 0 Å². The SMILES string of the molecule is CCCCNS(=O)(=O)c1cc([N+](=O)[O-])c(NC)s1. The quantitative estimate of drug-likeness (QED) is 0.453. The van der Waals surface area contributed by atoms with Crippen molar-refractivity contribution in [2.24, 2.45) is 0 Å². The molecule has 0 aliphatic rings. The lowest BCUT2D eigenvalue weighted by molar-refractivity contribution is -0.383. The second kappa shape index (κ2) is 6.12. The van der Waals surface area contributed by atoms with Crippen LogP contribution in [-0.4, -0.2) is 26.9 Å². The Kier molecular flexibility index (Phi) is 5.05. The van der Waals surface area contributed by atoms with Crippen LogP contribution in [0, 0.1) is 10.1 Å². The standard InChI is InChI=1S/C9H15N3O4S2/c1-3-4-5-11-18(15,16)8-6-7(12(13)14)9(10-2)17-8/h6,10-11H,3-5H2,1-2H3. The molecule has 102 valence electrons. The molecule has 0 aromatic carbocycles. The highest BCUT2D eigenvalue weighted by molar-refractivity contribution is 7.91. The van der Waals surface area contributed by atoms with Crippen LogP contribution in [0.15, 0.2) is 10.3 Å². The van der Waals surface area contributed by atoms with E-state index in [0.29, 0.717) is 6.54 Å². The van der Waals surface area contributed by atoms with Crippen molar-refractivity contribution in [3.05, 3.63) is 16.2 Å². The maximum atomic E-state index is 11.9. The van der Waals surface area contributed by atoms with Gasteiger partial charge in [0.2, 0.25) is 10.0 Å². The second-order valence-corrected chi connectivity index (χ2v) is 6.58. The van der Waals surface area contributed by atoms with E-state index in [2.05, 4.69) is 10.0 Å². The highest BCUT2D eigenvalue weighted by Crippen LogP contribution is 2.36. The lowest BCUT2D eigenvalue weighted by Gasteiger charge is -2.02. The number of sulfonamides is 1. The van der Waals surface area contributed by atoms with Crippen molar-refractivity contribution < 1.29 is 13.3 Å². The van der Waals surface area contributed by atoms with Gasteiger partial charge in [-0.25, -0.2) is 13.1 Å². The van der Waals surface area contributed by atoms with E-state index in [4.69, 9.17) is 0 Å². The van der Waals surface area contributed by atoms with Gasteiger partial charge in [0.15, 0.2) is 5.00 Å². The van der Waals surface area contributed by atoms with Gasteiger partial charge >= 0.3 is 5.69 Å². The number of unbranched alkanes of at least 4 members (excludes halogenated alkanes) is 1. The molecule has 18 heavy (non-hydrogen) atoms. The molecule has 1 heterocycles. The van der Waals surface area contributed by atoms with Crippen molar-refractivity contribution >= 4 is 32.0 Å². The van der Waals surface area contributed by atoms with Crippen molar-refractivity contribution in [3.63, 3.8) is 0 Å². The van der Waals surface area contributed by atoms with Crippen molar-refractivity contribution in [1.82, 2.24) is 4.72 Å². The molecule has 1 aromatic heterocycles. The van der Waals surface area contributed by atoms with Crippen molar-refractivity contribution in [3.8, 4) is 0 Å². The van der Waals surface area contributed by atoms with Crippen LogP contribution in [0.3, 0.4) is 0 Å². The molecule has 9 heteroatoms. The van der Waals surface area contributed by atoms with Crippen LogP contribution in [0.5, 0.6) is 0 Å². The molecule has 0 spiro atoms. The molecule has 0 saturated carbocycles. The Hall–Kier alpha value is -1.19. The Morgan fingerprint density at radius 2 is 2.17 bits per heavy atom. The van der Waals surface area contributed by atoms with E-state index >= 15 is 0 Å². The van der Waals surface area contributed by atoms with E-state index < -0.39 is 14.9 Å². The monoisotopic (exact) mass is 293 g/mol. The Bertz CT molecular complexity index is 524. The molecule has 0 atom stereocenters. The minimum atomic E-state index is -3.65. The summed E-state index contributed by atoms with van der Waals surface area (Å²) < 4.78 is 26.1. The minimum absolute atomic E-state index is 0.0466. The molecule has 2 N–H and O–H groups in total. The Balaban J connectivity index is 2.99. The first-order valence-electron chi connectivity index (χ1n) is 5.38. The smallest absolute Gasteiger partial charge is 0.304 e. The van der Waals surface area contributed by atoms with Gasteiger partial charge in [-0.3, -0.25) is 10.1 Å². The average Bonchev–Trinajstić information content (AvgIpc) is 2.74. The van der Waals surface area contributed by atoms with Crippen LogP contribution in [0.2, 0.25) is 0 Å². The van der Waals surface area contributed by atoms with E-state index in [1.54, 1.807) is 0 Å². The van der Waals surface area contributed by atoms with E-state index in [1.165, 1.54) is 7.05 Å². The first kappa shape index (κ1) is 14.9. The summed E-state index contributed by atoms with van der Waals surface area (Å²) in [6.07, 6.45) is 1.60. The zero-order chi connectivity index (χ0) is 13.8. The molecule has 0 radical (unpaired) electrons. The topological polar surface area (TPSA) is 101 Å². The summed E-state index contributed by atoms with van der Waals surface area (Å²) in [5, 5.41) is 13.6. The van der Waals surface area contributed by atoms with Gasteiger partial charge in [0.25, 0.3) is 0 Å². The van der Waals surface area contributed by atoms with Crippen molar-refractivity contribution in [2.45, 2.75) is 24.0 Å². The van der Waals surface area contributed by atoms with Gasteiger partial charge in [-0.1, -0.05) is 24.7 Å². The van der Waals surface area contributed by atoms with Crippen LogP contribution < -0.4 is 10.0 Å². The molecule has 0 saturated heterocycles. The van der Waals surface area contributed by atoms with E-state index in [1.807, 2.05) is 6.92 Å². The number of nitro groups is 1. The third-order valence-electron chi connectivity index (χ3n) is 2.20. The molecule has 0 aliphatic carbocycles. The molecule has 0 bridgehead atoms. The van der Waals surface area contributed by atoms with Crippen LogP contribution in [0.4, 0.5) is 10.7 Å². The van der Waals surface area contributed by atoms with E-state index in [9.17, 15) is 18.5 Å². The molecule has 0 aliphatic heterocycles. The van der Waals surface area contributed by atoms with Crippen LogP contribution in [0.1, 0.15) is 19.8 Å². The first-order valence-corrected chi connectivity index (χ1v) is 7.68. The van der Waals surface area contributed by atoms with Gasteiger partial charge < -0.3 is 5.32 Å². The third-order valence-corrected chi connectivity index (χ3v) is 5.28. The third kappa shape index (κ3) is 3.40. The van der Waals surface area contributed by atoms with Crippen molar-refractivity contribution in [2.75, 3.05) is 18.9 Å². The Morgan fingerprint density at radius 3 is 2.61 bits per heavy atom. The lowest BCUT2D eigenvalue weighted by atomic mass is 10.3. The zero-order valence-electron chi connectivity index (χ0n) is 10.1. The Morgan fingerprint density at radius 1 is 1.50 bits per heavy atom. The van der Waals surface area contributed by atoms with Gasteiger partial charge in [0.05, 0.1) is 4.92 Å². The number of thiophene rings is 1. The van der Waals surface area contributed by atoms with E-state index in [-0.39, 0.29) is 14.9 Å². The maximum absolute atomic E-state index is 11.9. The maximum Gasteiger partial charge on any atom is 0.304 e. The molecule has 0 unspecified atom stereocenters. The molecular weight excluding hydrogens is 278 g/mol. The summed E-state index contributed by atoms with van der Waals surface area (Å²) >= 11 is 0.850. The van der Waals surface area contributed by atoms with Gasteiger partial charge in [-0.05, 0) is 6.42 Å². The fraction of sp³-hybridized carbons (Fsp3) is 0.556. The molecule has 7 nitrogen and oxygen atoms in total. The van der Waals surface area contributed by atoms with Gasteiger partial charge in [-0.2, -0.15) is 0 Å². The molecular formula is C9H15N3O4S2. The highest BCUT2D eigenvalue weighted by Gasteiger charge is 2.25. The summed E-state index contributed by atoms with van der Waals surface area (Å²) in [5.74, 6) is 0. The van der Waals surface area contributed by atoms with Crippen LogP contribution in [-0.2, 0) is 10.0 Å². The number of nitrogens with zero attached hydrogens (tertiary/aromatic N) is 1. The predicted molar refractivity (Wildman–Crippen MR) is 70.6 cm³/mol. The fourth-order valence-corrected chi connectivity index (χ4v) is 3.66. The molecule has 1 rings (SSSR count). The normalized spacial score (nSPS) is 11.4. The van der Waals surface area contributed by atoms with Gasteiger partial charge in [-0.15, -0.1) is 0 Å². The lowest BCUT2D eigenvalue weighted by Crippen LogP contribution is -2.23. The van der Waals surface area contributed by atoms with Gasteiger partial charge in [0.1, 0.15) is 4.21 Å². The number of nitrogens with one attached hydrogen (secondary N) is 2. The number of anilines is 1. The predicted octanol–water partition coefficient (Wildman–Crippen LogP) is 1.78. The van der Waals surface area contributed by atoms with Crippen molar-refractivity contribution in [1.29, 1.82) is 0 Å². The summed E-state index contributed by atoms with van der Waals surface area (Å²) in [6, 6.07) is 1.07.